The smallest absolute Gasteiger partial charge is 0.350 e. The van der Waals surface area contributed by atoms with Crippen molar-refractivity contribution in [3.63, 3.8) is 0 Å². The van der Waals surface area contributed by atoms with Gasteiger partial charge < -0.3 is 15.4 Å². The maximum absolute atomic E-state index is 11.5. The third kappa shape index (κ3) is 6.09. The molecular formula is C16H19N3O3. The van der Waals surface area contributed by atoms with E-state index in [1.54, 1.807) is 11.0 Å². The lowest BCUT2D eigenvalue weighted by atomic mass is 10.1. The molecule has 0 radical (unpaired) electrons. The number of nitrogens with two attached hydrogens (primary N) is 1. The molecule has 0 aromatic heterocycles. The van der Waals surface area contributed by atoms with Crippen molar-refractivity contribution in [3.05, 3.63) is 47.7 Å². The second-order valence-electron chi connectivity index (χ2n) is 4.63. The van der Waals surface area contributed by atoms with Crippen LogP contribution in [-0.2, 0) is 20.7 Å². The van der Waals surface area contributed by atoms with E-state index in [0.717, 1.165) is 12.0 Å². The van der Waals surface area contributed by atoms with Crippen LogP contribution < -0.4 is 5.73 Å². The van der Waals surface area contributed by atoms with E-state index in [0.29, 0.717) is 13.1 Å². The SMILES string of the molecule is COC(=O)/C(C#N)=C/N(CCC(N)=O)CCc1ccccc1. The maximum Gasteiger partial charge on any atom is 0.350 e. The van der Waals surface area contributed by atoms with Crippen LogP contribution in [0.2, 0.25) is 0 Å². The van der Waals surface area contributed by atoms with Crippen LogP contribution in [0.25, 0.3) is 0 Å². The van der Waals surface area contributed by atoms with Crippen LogP contribution in [0.3, 0.4) is 0 Å². The largest absolute Gasteiger partial charge is 0.465 e. The highest BCUT2D eigenvalue weighted by Gasteiger charge is 2.12. The fourth-order valence-corrected chi connectivity index (χ4v) is 1.83. The summed E-state index contributed by atoms with van der Waals surface area (Å²) >= 11 is 0. The van der Waals surface area contributed by atoms with Crippen molar-refractivity contribution in [1.29, 1.82) is 5.26 Å². The molecule has 0 heterocycles. The summed E-state index contributed by atoms with van der Waals surface area (Å²) in [6.07, 6.45) is 2.28. The van der Waals surface area contributed by atoms with Gasteiger partial charge in [0.2, 0.25) is 5.91 Å². The minimum absolute atomic E-state index is 0.111. The first-order valence-corrected chi connectivity index (χ1v) is 6.83. The van der Waals surface area contributed by atoms with E-state index in [-0.39, 0.29) is 12.0 Å². The second-order valence-corrected chi connectivity index (χ2v) is 4.63. The number of amides is 1. The maximum atomic E-state index is 11.5. The van der Waals surface area contributed by atoms with Gasteiger partial charge in [-0.2, -0.15) is 5.26 Å². The molecule has 6 heteroatoms. The van der Waals surface area contributed by atoms with Crippen molar-refractivity contribution >= 4 is 11.9 Å². The van der Waals surface area contributed by atoms with Crippen molar-refractivity contribution in [2.45, 2.75) is 12.8 Å². The molecule has 0 saturated heterocycles. The number of rotatable bonds is 8. The minimum atomic E-state index is -0.703. The van der Waals surface area contributed by atoms with Gasteiger partial charge in [0.15, 0.2) is 5.57 Å². The number of esters is 1. The molecule has 1 amide bonds. The molecule has 2 N–H and O–H groups in total. The number of nitriles is 1. The lowest BCUT2D eigenvalue weighted by Gasteiger charge is -2.20. The van der Waals surface area contributed by atoms with E-state index in [9.17, 15) is 9.59 Å². The molecule has 0 aliphatic carbocycles. The third-order valence-electron chi connectivity index (χ3n) is 3.01. The second kappa shape index (κ2) is 9.19. The average molecular weight is 301 g/mol. The van der Waals surface area contributed by atoms with Gasteiger partial charge in [-0.1, -0.05) is 30.3 Å². The van der Waals surface area contributed by atoms with Crippen molar-refractivity contribution in [1.82, 2.24) is 4.90 Å². The Labute approximate surface area is 129 Å². The van der Waals surface area contributed by atoms with Gasteiger partial charge in [0.25, 0.3) is 0 Å². The highest BCUT2D eigenvalue weighted by molar-refractivity contribution is 5.92. The Morgan fingerprint density at radius 2 is 2.00 bits per heavy atom. The Hall–Kier alpha value is -2.81. The first-order valence-electron chi connectivity index (χ1n) is 6.83. The Bertz CT molecular complexity index is 576. The number of primary amides is 1. The first-order chi connectivity index (χ1) is 10.6. The van der Waals surface area contributed by atoms with Crippen LogP contribution in [0.15, 0.2) is 42.1 Å². The van der Waals surface area contributed by atoms with Crippen LogP contribution in [-0.4, -0.2) is 37.0 Å². The lowest BCUT2D eigenvalue weighted by molar-refractivity contribution is -0.135. The Morgan fingerprint density at radius 1 is 1.32 bits per heavy atom. The van der Waals surface area contributed by atoms with Crippen molar-refractivity contribution in [2.75, 3.05) is 20.2 Å². The molecule has 0 bridgehead atoms. The van der Waals surface area contributed by atoms with Gasteiger partial charge in [0.1, 0.15) is 6.07 Å². The summed E-state index contributed by atoms with van der Waals surface area (Å²) in [5.41, 5.74) is 6.17. The zero-order valence-electron chi connectivity index (χ0n) is 12.5. The zero-order valence-corrected chi connectivity index (χ0v) is 12.5. The molecule has 1 aromatic rings. The van der Waals surface area contributed by atoms with E-state index < -0.39 is 11.9 Å². The summed E-state index contributed by atoms with van der Waals surface area (Å²) in [4.78, 5) is 24.1. The van der Waals surface area contributed by atoms with E-state index >= 15 is 0 Å². The molecule has 0 spiro atoms. The lowest BCUT2D eigenvalue weighted by Crippen LogP contribution is -2.27. The average Bonchev–Trinajstić information content (AvgIpc) is 2.54. The number of hydrogen-bond donors (Lipinski definition) is 1. The molecule has 22 heavy (non-hydrogen) atoms. The Kier molecular flexibility index (Phi) is 7.20. The van der Waals surface area contributed by atoms with Gasteiger partial charge in [-0.05, 0) is 12.0 Å². The van der Waals surface area contributed by atoms with E-state index in [1.165, 1.54) is 13.3 Å². The Balaban J connectivity index is 2.78. The summed E-state index contributed by atoms with van der Waals surface area (Å²) in [7, 11) is 1.21. The molecule has 0 aliphatic heterocycles. The number of benzene rings is 1. The monoisotopic (exact) mass is 301 g/mol. The molecule has 0 saturated carbocycles. The third-order valence-corrected chi connectivity index (χ3v) is 3.01. The van der Waals surface area contributed by atoms with E-state index in [2.05, 4.69) is 4.74 Å². The first kappa shape index (κ1) is 17.2. The van der Waals surface area contributed by atoms with Gasteiger partial charge in [0, 0.05) is 25.7 Å². The Morgan fingerprint density at radius 3 is 2.55 bits per heavy atom. The molecule has 0 atom stereocenters. The van der Waals surface area contributed by atoms with E-state index in [4.69, 9.17) is 11.0 Å². The number of ether oxygens (including phenoxy) is 1. The van der Waals surface area contributed by atoms with Crippen LogP contribution in [0.1, 0.15) is 12.0 Å². The van der Waals surface area contributed by atoms with Gasteiger partial charge in [0.05, 0.1) is 7.11 Å². The summed E-state index contributed by atoms with van der Waals surface area (Å²) in [6.45, 7) is 0.893. The van der Waals surface area contributed by atoms with Crippen LogP contribution >= 0.6 is 0 Å². The predicted molar refractivity (Wildman–Crippen MR) is 81.2 cm³/mol. The highest BCUT2D eigenvalue weighted by Crippen LogP contribution is 2.05. The van der Waals surface area contributed by atoms with Crippen molar-refractivity contribution in [2.24, 2.45) is 5.73 Å². The zero-order chi connectivity index (χ0) is 16.4. The van der Waals surface area contributed by atoms with Gasteiger partial charge in [-0.15, -0.1) is 0 Å². The summed E-state index contributed by atoms with van der Waals surface area (Å²) in [6, 6.07) is 11.6. The number of nitrogens with zero attached hydrogens (tertiary/aromatic N) is 2. The van der Waals surface area contributed by atoms with Gasteiger partial charge in [-0.3, -0.25) is 4.79 Å². The number of methoxy groups -OCH3 is 1. The van der Waals surface area contributed by atoms with Crippen molar-refractivity contribution < 1.29 is 14.3 Å². The molecule has 0 aliphatic rings. The van der Waals surface area contributed by atoms with Gasteiger partial charge in [-0.25, -0.2) is 4.79 Å². The van der Waals surface area contributed by atoms with Crippen LogP contribution in [0.5, 0.6) is 0 Å². The summed E-state index contributed by atoms with van der Waals surface area (Å²) in [5, 5.41) is 9.00. The number of carbonyl (C=O) groups is 2. The molecule has 0 unspecified atom stereocenters. The number of hydrogen-bond acceptors (Lipinski definition) is 5. The van der Waals surface area contributed by atoms with E-state index in [1.807, 2.05) is 30.3 Å². The predicted octanol–water partition coefficient (Wildman–Crippen LogP) is 0.987. The summed E-state index contributed by atoms with van der Waals surface area (Å²) in [5.74, 6) is -1.14. The quantitative estimate of drug-likeness (QED) is 0.439. The summed E-state index contributed by atoms with van der Waals surface area (Å²) < 4.78 is 4.54. The normalized spacial score (nSPS) is 10.6. The van der Waals surface area contributed by atoms with Crippen molar-refractivity contribution in [3.8, 4) is 6.07 Å². The molecule has 6 nitrogen and oxygen atoms in total. The van der Waals surface area contributed by atoms with Gasteiger partial charge >= 0.3 is 5.97 Å². The molecule has 1 aromatic carbocycles. The topological polar surface area (TPSA) is 96.4 Å². The number of carbonyl (C=O) groups excluding carboxylic acids is 2. The molecule has 1 rings (SSSR count). The molecule has 116 valence electrons. The fraction of sp³-hybridized carbons (Fsp3) is 0.312. The highest BCUT2D eigenvalue weighted by atomic mass is 16.5. The fourth-order valence-electron chi connectivity index (χ4n) is 1.83. The molecule has 0 fully saturated rings. The standard InChI is InChI=1S/C16H19N3O3/c1-22-16(21)14(11-17)12-19(10-8-15(18)20)9-7-13-5-3-2-4-6-13/h2-6,12H,7-10H2,1H3,(H2,18,20)/b14-12+. The molecular weight excluding hydrogens is 282 g/mol. The van der Waals surface area contributed by atoms with Crippen LogP contribution in [0.4, 0.5) is 0 Å². The minimum Gasteiger partial charge on any atom is -0.465 e. The van der Waals surface area contributed by atoms with Crippen LogP contribution in [0, 0.1) is 11.3 Å².